The van der Waals surface area contributed by atoms with Gasteiger partial charge in [-0.05, 0) is 51.9 Å². The van der Waals surface area contributed by atoms with Crippen LogP contribution in [0, 0.1) is 5.92 Å². The van der Waals surface area contributed by atoms with Crippen LogP contribution in [-0.2, 0) is 28.2 Å². The molecule has 1 N–H and O–H groups in total. The molecular weight excluding hydrogens is 701 g/mol. The molecular formula is C47H45N5O4. The summed E-state index contributed by atoms with van der Waals surface area (Å²) < 4.78 is 26.5. The van der Waals surface area contributed by atoms with Crippen molar-refractivity contribution in [3.63, 3.8) is 0 Å². The number of rotatable bonds is 15. The number of hydrogen-bond donors (Lipinski definition) is 1. The molecule has 5 aromatic carbocycles. The van der Waals surface area contributed by atoms with E-state index in [-0.39, 0.29) is 18.1 Å². The minimum Gasteiger partial charge on any atom is -0.497 e. The second-order valence-corrected chi connectivity index (χ2v) is 14.0. The Morgan fingerprint density at radius 3 is 1.88 bits per heavy atom. The number of hydrogen-bond acceptors (Lipinski definition) is 8. The van der Waals surface area contributed by atoms with Crippen molar-refractivity contribution in [3.05, 3.63) is 192 Å². The van der Waals surface area contributed by atoms with Gasteiger partial charge in [-0.3, -0.25) is 0 Å². The van der Waals surface area contributed by atoms with Gasteiger partial charge < -0.3 is 28.8 Å². The molecule has 0 amide bonds. The van der Waals surface area contributed by atoms with E-state index in [0.29, 0.717) is 49.2 Å². The topological polar surface area (TPSA) is 92.6 Å². The third kappa shape index (κ3) is 7.39. The standard InChI is InChI=1S/C47H45N5O4/c1-33-40(31-55-29-34-16-8-4-9-17-34)42(56-30-35-18-10-5-11-19-35)28-41(33)52-32-48-43-44(52)49-46(50-45(43)54-3)51-47(36-20-12-6-13-21-36,37-22-14-7-15-23-37)38-24-26-39(53-2)27-25-38/h4-27,32,40-42H,1,28-31H2,2-3H3,(H,49,50,51)/t40-,41-,42-/m0/s1/i32+2. The van der Waals surface area contributed by atoms with Crippen LogP contribution in [-0.4, -0.2) is 46.4 Å². The zero-order valence-corrected chi connectivity index (χ0v) is 31.6. The van der Waals surface area contributed by atoms with Gasteiger partial charge in [0, 0.05) is 5.92 Å². The average molecular weight is 746 g/mol. The Balaban J connectivity index is 1.18. The summed E-state index contributed by atoms with van der Waals surface area (Å²) in [4.78, 5) is 15.0. The van der Waals surface area contributed by atoms with Gasteiger partial charge in [0.2, 0.25) is 11.8 Å². The molecule has 0 aliphatic heterocycles. The number of methoxy groups -OCH3 is 2. The van der Waals surface area contributed by atoms with Crippen LogP contribution in [0.4, 0.5) is 5.95 Å². The van der Waals surface area contributed by atoms with Crippen molar-refractivity contribution < 1.29 is 18.9 Å². The first-order valence-electron chi connectivity index (χ1n) is 18.9. The van der Waals surface area contributed by atoms with Crippen molar-refractivity contribution in [2.45, 2.75) is 37.3 Å². The smallest absolute Gasteiger partial charge is 0.246 e. The Hall–Kier alpha value is -6.29. The maximum absolute atomic E-state index is 6.66. The highest BCUT2D eigenvalue weighted by atomic mass is 16.5. The van der Waals surface area contributed by atoms with Crippen LogP contribution >= 0.6 is 0 Å². The van der Waals surface area contributed by atoms with E-state index < -0.39 is 5.54 Å². The van der Waals surface area contributed by atoms with Gasteiger partial charge in [-0.25, -0.2) is 4.98 Å². The number of ether oxygens (including phenoxy) is 4. The largest absolute Gasteiger partial charge is 0.497 e. The lowest BCUT2D eigenvalue weighted by Crippen LogP contribution is -2.38. The molecule has 7 aromatic rings. The van der Waals surface area contributed by atoms with E-state index in [1.807, 2.05) is 91.3 Å². The van der Waals surface area contributed by atoms with Crippen molar-refractivity contribution in [2.24, 2.45) is 5.92 Å². The van der Waals surface area contributed by atoms with Crippen molar-refractivity contribution in [3.8, 4) is 11.6 Å². The maximum Gasteiger partial charge on any atom is 0.246 e. The summed E-state index contributed by atoms with van der Waals surface area (Å²) in [6.07, 6.45) is 2.35. The summed E-state index contributed by atoms with van der Waals surface area (Å²) in [5, 5.41) is 3.81. The molecule has 2 heterocycles. The van der Waals surface area contributed by atoms with Crippen LogP contribution in [0.3, 0.4) is 0 Å². The van der Waals surface area contributed by atoms with Gasteiger partial charge in [0.25, 0.3) is 0 Å². The molecule has 2 aromatic heterocycles. The SMILES string of the molecule is C=C1[C@H](COCc2ccccc2)[C@@H](OCc2ccccc2)C[C@@H]1n1[14cH]nc2c(OC)nc(NC(c3ccccc3)(c3ccccc3)c3ccc(OC)cc3)nc21. The highest BCUT2D eigenvalue weighted by Crippen LogP contribution is 2.44. The second-order valence-electron chi connectivity index (χ2n) is 14.0. The summed E-state index contributed by atoms with van der Waals surface area (Å²) in [5.41, 5.74) is 6.53. The lowest BCUT2D eigenvalue weighted by Gasteiger charge is -2.37. The fraction of sp³-hybridized carbons (Fsp3) is 0.213. The van der Waals surface area contributed by atoms with Gasteiger partial charge in [-0.1, -0.05) is 140 Å². The van der Waals surface area contributed by atoms with Gasteiger partial charge in [-0.15, -0.1) is 0 Å². The molecule has 9 nitrogen and oxygen atoms in total. The number of fused-ring (bicyclic) bond motifs is 1. The number of imidazole rings is 1. The average Bonchev–Trinajstić information content (AvgIpc) is 3.82. The van der Waals surface area contributed by atoms with Crippen LogP contribution in [0.1, 0.15) is 40.3 Å². The van der Waals surface area contributed by atoms with Gasteiger partial charge in [0.1, 0.15) is 11.3 Å². The monoisotopic (exact) mass is 745 g/mol. The van der Waals surface area contributed by atoms with Crippen LogP contribution in [0.25, 0.3) is 11.2 Å². The van der Waals surface area contributed by atoms with Gasteiger partial charge in [0.15, 0.2) is 11.2 Å². The molecule has 1 aliphatic carbocycles. The summed E-state index contributed by atoms with van der Waals surface area (Å²) >= 11 is 0. The molecule has 0 bridgehead atoms. The van der Waals surface area contributed by atoms with Gasteiger partial charge in [-0.2, -0.15) is 9.97 Å². The number of benzene rings is 5. The Bertz CT molecular complexity index is 2310. The quantitative estimate of drug-likeness (QED) is 0.0821. The highest BCUT2D eigenvalue weighted by molar-refractivity contribution is 5.78. The van der Waals surface area contributed by atoms with Crippen LogP contribution < -0.4 is 14.8 Å². The first kappa shape index (κ1) is 36.7. The summed E-state index contributed by atoms with van der Waals surface area (Å²) in [6, 6.07) is 49.0. The highest BCUT2D eigenvalue weighted by Gasteiger charge is 2.41. The van der Waals surface area contributed by atoms with E-state index in [1.165, 1.54) is 0 Å². The molecule has 9 heteroatoms. The minimum atomic E-state index is -0.896. The van der Waals surface area contributed by atoms with Crippen LogP contribution in [0.15, 0.2) is 164 Å². The summed E-state index contributed by atoms with van der Waals surface area (Å²) in [7, 11) is 3.28. The molecule has 56 heavy (non-hydrogen) atoms. The van der Waals surface area contributed by atoms with Crippen molar-refractivity contribution in [1.82, 2.24) is 19.5 Å². The molecule has 1 aliphatic rings. The number of anilines is 1. The lowest BCUT2D eigenvalue weighted by atomic mass is 9.77. The van der Waals surface area contributed by atoms with E-state index >= 15 is 0 Å². The fourth-order valence-corrected chi connectivity index (χ4v) is 7.79. The maximum atomic E-state index is 6.66. The summed E-state index contributed by atoms with van der Waals surface area (Å²) in [5.74, 6) is 1.45. The van der Waals surface area contributed by atoms with E-state index in [2.05, 4.69) is 77.1 Å². The molecule has 8 rings (SSSR count). The van der Waals surface area contributed by atoms with Crippen molar-refractivity contribution in [1.29, 1.82) is 0 Å². The molecule has 3 atom stereocenters. The van der Waals surface area contributed by atoms with E-state index in [1.54, 1.807) is 14.2 Å². The number of nitrogens with one attached hydrogen (secondary N) is 1. The predicted molar refractivity (Wildman–Crippen MR) is 219 cm³/mol. The first-order valence-corrected chi connectivity index (χ1v) is 18.9. The number of nitrogens with zero attached hydrogens (tertiary/aromatic N) is 4. The van der Waals surface area contributed by atoms with Crippen LogP contribution in [0.2, 0.25) is 0 Å². The lowest BCUT2D eigenvalue weighted by molar-refractivity contribution is -0.0122. The van der Waals surface area contributed by atoms with E-state index in [4.69, 9.17) is 33.9 Å². The molecule has 0 spiro atoms. The molecule has 1 fully saturated rings. The second kappa shape index (κ2) is 16.6. The van der Waals surface area contributed by atoms with E-state index in [9.17, 15) is 0 Å². The van der Waals surface area contributed by atoms with Crippen molar-refractivity contribution >= 4 is 17.1 Å². The first-order chi connectivity index (χ1) is 27.6. The van der Waals surface area contributed by atoms with Gasteiger partial charge >= 0.3 is 0 Å². The Morgan fingerprint density at radius 1 is 0.714 bits per heavy atom. The van der Waals surface area contributed by atoms with Gasteiger partial charge in [0.05, 0.1) is 52.5 Å². The Labute approximate surface area is 327 Å². The molecule has 0 unspecified atom stereocenters. The van der Waals surface area contributed by atoms with Crippen LogP contribution in [0.5, 0.6) is 11.6 Å². The zero-order chi connectivity index (χ0) is 38.3. The number of aromatic nitrogens is 4. The third-order valence-corrected chi connectivity index (χ3v) is 10.7. The zero-order valence-electron chi connectivity index (χ0n) is 31.6. The Kier molecular flexibility index (Phi) is 10.9. The normalized spacial score (nSPS) is 16.9. The van der Waals surface area contributed by atoms with Crippen molar-refractivity contribution in [2.75, 3.05) is 26.1 Å². The third-order valence-electron chi connectivity index (χ3n) is 10.7. The summed E-state index contributed by atoms with van der Waals surface area (Å²) in [6.45, 7) is 6.13. The molecule has 282 valence electrons. The predicted octanol–water partition coefficient (Wildman–Crippen LogP) is 9.17. The fourth-order valence-electron chi connectivity index (χ4n) is 7.79. The molecule has 1 saturated carbocycles. The van der Waals surface area contributed by atoms with E-state index in [0.717, 1.165) is 39.1 Å². The minimum absolute atomic E-state index is 0.0508. The molecule has 0 radical (unpaired) electrons. The molecule has 0 saturated heterocycles. The Morgan fingerprint density at radius 2 is 1.29 bits per heavy atom.